The highest BCUT2D eigenvalue weighted by Gasteiger charge is 2.28. The SMILES string of the molecule is OC(NCC(F)(F)F)c1coc(C2=CC=CNC2)c1. The lowest BCUT2D eigenvalue weighted by Gasteiger charge is -2.12. The largest absolute Gasteiger partial charge is 0.464 e. The quantitative estimate of drug-likeness (QED) is 0.734. The number of dihydropyridines is 1. The smallest absolute Gasteiger partial charge is 0.401 e. The van der Waals surface area contributed by atoms with Crippen molar-refractivity contribution in [3.8, 4) is 0 Å². The summed E-state index contributed by atoms with van der Waals surface area (Å²) in [5, 5.41) is 14.5. The fraction of sp³-hybridized carbons (Fsp3) is 0.333. The van der Waals surface area contributed by atoms with E-state index < -0.39 is 18.9 Å². The maximum Gasteiger partial charge on any atom is 0.401 e. The predicted molar refractivity (Wildman–Crippen MR) is 62.8 cm³/mol. The second-order valence-electron chi connectivity index (χ2n) is 4.07. The summed E-state index contributed by atoms with van der Waals surface area (Å²) in [4.78, 5) is 0. The highest BCUT2D eigenvalue weighted by atomic mass is 19.4. The first-order chi connectivity index (χ1) is 8.96. The summed E-state index contributed by atoms with van der Waals surface area (Å²) in [6.45, 7) is -0.697. The second kappa shape index (κ2) is 5.50. The van der Waals surface area contributed by atoms with Gasteiger partial charge in [0.15, 0.2) is 0 Å². The van der Waals surface area contributed by atoms with Crippen molar-refractivity contribution in [3.05, 3.63) is 42.0 Å². The zero-order valence-electron chi connectivity index (χ0n) is 9.87. The molecule has 0 saturated carbocycles. The van der Waals surface area contributed by atoms with Crippen LogP contribution in [0, 0.1) is 0 Å². The number of hydrogen-bond donors (Lipinski definition) is 3. The van der Waals surface area contributed by atoms with Crippen molar-refractivity contribution >= 4 is 5.57 Å². The predicted octanol–water partition coefficient (Wildman–Crippen LogP) is 1.92. The minimum atomic E-state index is -4.37. The second-order valence-corrected chi connectivity index (χ2v) is 4.07. The molecule has 0 amide bonds. The van der Waals surface area contributed by atoms with Gasteiger partial charge in [-0.15, -0.1) is 0 Å². The van der Waals surface area contributed by atoms with Crippen molar-refractivity contribution in [2.24, 2.45) is 0 Å². The third kappa shape index (κ3) is 3.87. The number of allylic oxidation sites excluding steroid dienone is 2. The Balaban J connectivity index is 2.00. The van der Waals surface area contributed by atoms with Crippen LogP contribution in [0.15, 0.2) is 35.1 Å². The van der Waals surface area contributed by atoms with Crippen LogP contribution in [0.3, 0.4) is 0 Å². The third-order valence-corrected chi connectivity index (χ3v) is 2.55. The van der Waals surface area contributed by atoms with E-state index in [-0.39, 0.29) is 5.56 Å². The van der Waals surface area contributed by atoms with E-state index in [9.17, 15) is 18.3 Å². The molecule has 1 unspecified atom stereocenters. The Kier molecular flexibility index (Phi) is 3.96. The molecule has 1 aromatic heterocycles. The van der Waals surface area contributed by atoms with Gasteiger partial charge in [-0.25, -0.2) is 0 Å². The van der Waals surface area contributed by atoms with Gasteiger partial charge in [-0.3, -0.25) is 5.32 Å². The molecule has 0 spiro atoms. The van der Waals surface area contributed by atoms with E-state index in [4.69, 9.17) is 4.42 Å². The van der Waals surface area contributed by atoms with Crippen molar-refractivity contribution in [1.82, 2.24) is 10.6 Å². The van der Waals surface area contributed by atoms with Crippen LogP contribution in [0.2, 0.25) is 0 Å². The molecule has 3 N–H and O–H groups in total. The van der Waals surface area contributed by atoms with E-state index >= 15 is 0 Å². The van der Waals surface area contributed by atoms with E-state index in [1.54, 1.807) is 12.3 Å². The summed E-state index contributed by atoms with van der Waals surface area (Å²) in [5.41, 5.74) is 1.12. The summed E-state index contributed by atoms with van der Waals surface area (Å²) in [6, 6.07) is 1.51. The van der Waals surface area contributed by atoms with Crippen LogP contribution >= 0.6 is 0 Å². The number of aliphatic hydroxyl groups excluding tert-OH is 1. The van der Waals surface area contributed by atoms with Crippen LogP contribution in [0.1, 0.15) is 17.6 Å². The molecule has 0 aromatic carbocycles. The topological polar surface area (TPSA) is 57.4 Å². The average molecular weight is 274 g/mol. The van der Waals surface area contributed by atoms with E-state index in [2.05, 4.69) is 5.32 Å². The molecule has 4 nitrogen and oxygen atoms in total. The molecule has 1 aliphatic rings. The highest BCUT2D eigenvalue weighted by molar-refractivity contribution is 5.66. The molecule has 2 heterocycles. The Morgan fingerprint density at radius 1 is 1.47 bits per heavy atom. The number of alkyl halides is 3. The third-order valence-electron chi connectivity index (χ3n) is 2.55. The summed E-state index contributed by atoms with van der Waals surface area (Å²) >= 11 is 0. The molecule has 2 rings (SSSR count). The van der Waals surface area contributed by atoms with E-state index in [1.165, 1.54) is 12.3 Å². The zero-order valence-corrected chi connectivity index (χ0v) is 9.87. The van der Waals surface area contributed by atoms with Gasteiger partial charge in [-0.1, -0.05) is 6.08 Å². The van der Waals surface area contributed by atoms with Crippen LogP contribution in [0.25, 0.3) is 5.57 Å². The average Bonchev–Trinajstić information content (AvgIpc) is 2.86. The van der Waals surface area contributed by atoms with Crippen LogP contribution in [0.4, 0.5) is 13.2 Å². The maximum absolute atomic E-state index is 12.0. The first-order valence-electron chi connectivity index (χ1n) is 5.62. The number of hydrogen-bond acceptors (Lipinski definition) is 4. The molecule has 0 saturated heterocycles. The van der Waals surface area contributed by atoms with Gasteiger partial charge in [-0.2, -0.15) is 13.2 Å². The molecule has 19 heavy (non-hydrogen) atoms. The zero-order chi connectivity index (χ0) is 13.9. The molecule has 1 atom stereocenters. The maximum atomic E-state index is 12.0. The number of furan rings is 1. The lowest BCUT2D eigenvalue weighted by atomic mass is 10.1. The Morgan fingerprint density at radius 2 is 2.26 bits per heavy atom. The van der Waals surface area contributed by atoms with Crippen LogP contribution in [-0.4, -0.2) is 24.4 Å². The van der Waals surface area contributed by atoms with Crippen LogP contribution in [0.5, 0.6) is 0 Å². The van der Waals surface area contributed by atoms with Gasteiger partial charge in [0.05, 0.1) is 12.8 Å². The van der Waals surface area contributed by atoms with Crippen molar-refractivity contribution in [2.75, 3.05) is 13.1 Å². The molecule has 1 aromatic rings. The van der Waals surface area contributed by atoms with E-state index in [1.807, 2.05) is 11.4 Å². The Bertz CT molecular complexity index is 491. The minimum absolute atomic E-state index is 0.259. The van der Waals surface area contributed by atoms with E-state index in [0.717, 1.165) is 5.57 Å². The molecule has 1 aliphatic heterocycles. The number of nitrogens with one attached hydrogen (secondary N) is 2. The van der Waals surface area contributed by atoms with Gasteiger partial charge in [0, 0.05) is 17.7 Å². The number of aliphatic hydroxyl groups is 1. The van der Waals surface area contributed by atoms with Gasteiger partial charge in [0.2, 0.25) is 0 Å². The first kappa shape index (κ1) is 13.7. The van der Waals surface area contributed by atoms with Crippen LogP contribution < -0.4 is 10.6 Å². The molecular weight excluding hydrogens is 261 g/mol. The van der Waals surface area contributed by atoms with Gasteiger partial charge in [0.1, 0.15) is 12.0 Å². The molecular formula is C12H13F3N2O2. The van der Waals surface area contributed by atoms with Crippen molar-refractivity contribution < 1.29 is 22.7 Å². The van der Waals surface area contributed by atoms with E-state index in [0.29, 0.717) is 12.3 Å². The van der Waals surface area contributed by atoms with Gasteiger partial charge in [-0.05, 0) is 18.3 Å². The summed E-state index contributed by atoms with van der Waals surface area (Å²) in [5.74, 6) is 0.514. The number of halogens is 3. The van der Waals surface area contributed by atoms with Gasteiger partial charge >= 0.3 is 6.18 Å². The van der Waals surface area contributed by atoms with Crippen molar-refractivity contribution in [2.45, 2.75) is 12.4 Å². The highest BCUT2D eigenvalue weighted by Crippen LogP contribution is 2.22. The van der Waals surface area contributed by atoms with Gasteiger partial charge in [0.25, 0.3) is 0 Å². The molecule has 0 radical (unpaired) electrons. The fourth-order valence-corrected chi connectivity index (χ4v) is 1.62. The van der Waals surface area contributed by atoms with Crippen molar-refractivity contribution in [1.29, 1.82) is 0 Å². The lowest BCUT2D eigenvalue weighted by molar-refractivity contribution is -0.131. The molecule has 0 bridgehead atoms. The Hall–Kier alpha value is -1.73. The monoisotopic (exact) mass is 274 g/mol. The van der Waals surface area contributed by atoms with Crippen LogP contribution in [-0.2, 0) is 0 Å². The molecule has 0 fully saturated rings. The molecule has 7 heteroatoms. The molecule has 104 valence electrons. The lowest BCUT2D eigenvalue weighted by Crippen LogP contribution is -2.31. The Labute approximate surface area is 107 Å². The summed E-state index contributed by atoms with van der Waals surface area (Å²) < 4.78 is 41.3. The fourth-order valence-electron chi connectivity index (χ4n) is 1.62. The first-order valence-corrected chi connectivity index (χ1v) is 5.62. The minimum Gasteiger partial charge on any atom is -0.464 e. The summed E-state index contributed by atoms with van der Waals surface area (Å²) in [7, 11) is 0. The van der Waals surface area contributed by atoms with Gasteiger partial charge < -0.3 is 14.8 Å². The molecule has 0 aliphatic carbocycles. The standard InChI is InChI=1S/C12H13F3N2O2/c13-12(14,15)7-17-11(18)9-4-10(19-6-9)8-2-1-3-16-5-8/h1-4,6,11,16-18H,5,7H2. The van der Waals surface area contributed by atoms with Crippen molar-refractivity contribution in [3.63, 3.8) is 0 Å². The number of rotatable bonds is 4. The normalized spacial score (nSPS) is 16.9. The Morgan fingerprint density at radius 3 is 2.89 bits per heavy atom. The summed E-state index contributed by atoms with van der Waals surface area (Å²) in [6.07, 6.45) is 0.851.